The number of hydrogen-bond donors (Lipinski definition) is 1. The van der Waals surface area contributed by atoms with Crippen molar-refractivity contribution in [2.75, 3.05) is 0 Å². The smallest absolute Gasteiger partial charge is 0.0542 e. The monoisotopic (exact) mass is 168 g/mol. The minimum Gasteiger partial charge on any atom is -0.393 e. The number of aliphatic hydroxyl groups is 1. The van der Waals surface area contributed by atoms with Crippen LogP contribution < -0.4 is 0 Å². The molecule has 1 atom stereocenters. The summed E-state index contributed by atoms with van der Waals surface area (Å²) in [5.41, 5.74) is 0. The van der Waals surface area contributed by atoms with E-state index in [0.717, 1.165) is 32.1 Å². The fraction of sp³-hybridized carbons (Fsp3) is 0.818. The summed E-state index contributed by atoms with van der Waals surface area (Å²) in [4.78, 5) is 0. The van der Waals surface area contributed by atoms with E-state index in [2.05, 4.69) is 19.8 Å². The molecule has 0 aliphatic carbocycles. The standard InChI is InChI=1S/C11H20O/c1-4-5-6-7-8-11(12)9-10(2)3/h1,10-12H,5-9H2,2-3H3. The van der Waals surface area contributed by atoms with Gasteiger partial charge in [-0.25, -0.2) is 0 Å². The molecule has 1 unspecified atom stereocenters. The van der Waals surface area contributed by atoms with Crippen LogP contribution in [-0.2, 0) is 0 Å². The third kappa shape index (κ3) is 7.63. The number of terminal acetylenes is 1. The second-order valence-electron chi connectivity index (χ2n) is 3.73. The van der Waals surface area contributed by atoms with Crippen LogP contribution in [0.2, 0.25) is 0 Å². The molecule has 0 aromatic heterocycles. The zero-order valence-corrected chi connectivity index (χ0v) is 8.21. The van der Waals surface area contributed by atoms with Gasteiger partial charge in [0.05, 0.1) is 6.10 Å². The first kappa shape index (κ1) is 11.5. The molecule has 0 bridgehead atoms. The van der Waals surface area contributed by atoms with Crippen molar-refractivity contribution < 1.29 is 5.11 Å². The van der Waals surface area contributed by atoms with Crippen molar-refractivity contribution in [3.63, 3.8) is 0 Å². The second-order valence-corrected chi connectivity index (χ2v) is 3.73. The fourth-order valence-electron chi connectivity index (χ4n) is 1.27. The molecular formula is C11H20O. The minimum atomic E-state index is -0.122. The molecule has 0 saturated heterocycles. The van der Waals surface area contributed by atoms with Crippen LogP contribution in [0.1, 0.15) is 46.0 Å². The highest BCUT2D eigenvalue weighted by molar-refractivity contribution is 4.82. The molecule has 0 aliphatic rings. The predicted molar refractivity (Wildman–Crippen MR) is 52.8 cm³/mol. The molecule has 0 radical (unpaired) electrons. The van der Waals surface area contributed by atoms with Crippen molar-refractivity contribution in [3.05, 3.63) is 0 Å². The van der Waals surface area contributed by atoms with Crippen LogP contribution in [0.3, 0.4) is 0 Å². The highest BCUT2D eigenvalue weighted by Gasteiger charge is 2.05. The highest BCUT2D eigenvalue weighted by atomic mass is 16.3. The van der Waals surface area contributed by atoms with Gasteiger partial charge in [-0.2, -0.15) is 0 Å². The van der Waals surface area contributed by atoms with Crippen LogP contribution in [0.25, 0.3) is 0 Å². The van der Waals surface area contributed by atoms with Gasteiger partial charge in [0.25, 0.3) is 0 Å². The number of unbranched alkanes of at least 4 members (excludes halogenated alkanes) is 2. The quantitative estimate of drug-likeness (QED) is 0.477. The molecular weight excluding hydrogens is 148 g/mol. The molecule has 1 heteroatoms. The molecule has 0 aromatic rings. The lowest BCUT2D eigenvalue weighted by Gasteiger charge is -2.11. The Labute approximate surface area is 76.2 Å². The highest BCUT2D eigenvalue weighted by Crippen LogP contribution is 2.11. The molecule has 1 nitrogen and oxygen atoms in total. The molecule has 0 aromatic carbocycles. The molecule has 0 amide bonds. The Bertz CT molecular complexity index is 132. The largest absolute Gasteiger partial charge is 0.393 e. The SMILES string of the molecule is C#CCCCCC(O)CC(C)C. The number of rotatable bonds is 6. The second kappa shape index (κ2) is 7.18. The van der Waals surface area contributed by atoms with Gasteiger partial charge in [-0.05, 0) is 31.6 Å². The van der Waals surface area contributed by atoms with Gasteiger partial charge in [-0.15, -0.1) is 12.3 Å². The summed E-state index contributed by atoms with van der Waals surface area (Å²) in [6.07, 6.45) is 9.75. The Morgan fingerprint density at radius 2 is 2.00 bits per heavy atom. The Morgan fingerprint density at radius 3 is 2.50 bits per heavy atom. The van der Waals surface area contributed by atoms with Crippen molar-refractivity contribution in [1.29, 1.82) is 0 Å². The molecule has 0 heterocycles. The summed E-state index contributed by atoms with van der Waals surface area (Å²) >= 11 is 0. The average Bonchev–Trinajstić information content (AvgIpc) is 1.97. The van der Waals surface area contributed by atoms with E-state index in [0.29, 0.717) is 5.92 Å². The maximum absolute atomic E-state index is 9.47. The van der Waals surface area contributed by atoms with Crippen LogP contribution >= 0.6 is 0 Å². The summed E-state index contributed by atoms with van der Waals surface area (Å²) in [5, 5.41) is 9.47. The molecule has 0 saturated carbocycles. The molecule has 0 rings (SSSR count). The zero-order chi connectivity index (χ0) is 9.40. The Kier molecular flexibility index (Phi) is 6.90. The van der Waals surface area contributed by atoms with Crippen molar-refractivity contribution in [2.45, 2.75) is 52.1 Å². The molecule has 1 N–H and O–H groups in total. The van der Waals surface area contributed by atoms with Crippen LogP contribution in [0, 0.1) is 18.3 Å². The van der Waals surface area contributed by atoms with E-state index in [1.807, 2.05) is 0 Å². The first-order valence-electron chi connectivity index (χ1n) is 4.78. The first-order valence-corrected chi connectivity index (χ1v) is 4.78. The molecule has 0 fully saturated rings. The third-order valence-corrected chi connectivity index (χ3v) is 1.85. The van der Waals surface area contributed by atoms with Crippen molar-refractivity contribution in [2.24, 2.45) is 5.92 Å². The van der Waals surface area contributed by atoms with Gasteiger partial charge in [0.1, 0.15) is 0 Å². The van der Waals surface area contributed by atoms with Gasteiger partial charge in [0.15, 0.2) is 0 Å². The summed E-state index contributed by atoms with van der Waals surface area (Å²) in [6.45, 7) is 4.26. The van der Waals surface area contributed by atoms with Crippen molar-refractivity contribution in [3.8, 4) is 12.3 Å². The number of aliphatic hydroxyl groups excluding tert-OH is 1. The van der Waals surface area contributed by atoms with Crippen LogP contribution in [0.5, 0.6) is 0 Å². The lowest BCUT2D eigenvalue weighted by atomic mass is 10.0. The van der Waals surface area contributed by atoms with Gasteiger partial charge in [-0.1, -0.05) is 13.8 Å². The molecule has 0 spiro atoms. The van der Waals surface area contributed by atoms with Gasteiger partial charge in [0, 0.05) is 6.42 Å². The molecule has 12 heavy (non-hydrogen) atoms. The predicted octanol–water partition coefficient (Wildman–Crippen LogP) is 2.59. The van der Waals surface area contributed by atoms with E-state index in [1.165, 1.54) is 0 Å². The van der Waals surface area contributed by atoms with Crippen molar-refractivity contribution >= 4 is 0 Å². The lowest BCUT2D eigenvalue weighted by Crippen LogP contribution is -2.09. The maximum Gasteiger partial charge on any atom is 0.0542 e. The normalized spacial score (nSPS) is 12.9. The van der Waals surface area contributed by atoms with E-state index < -0.39 is 0 Å². The third-order valence-electron chi connectivity index (χ3n) is 1.85. The van der Waals surface area contributed by atoms with E-state index in [-0.39, 0.29) is 6.10 Å². The number of hydrogen-bond acceptors (Lipinski definition) is 1. The van der Waals surface area contributed by atoms with E-state index in [1.54, 1.807) is 0 Å². The zero-order valence-electron chi connectivity index (χ0n) is 8.21. The van der Waals surface area contributed by atoms with E-state index in [4.69, 9.17) is 6.42 Å². The fourth-order valence-corrected chi connectivity index (χ4v) is 1.27. The first-order chi connectivity index (χ1) is 5.66. The Balaban J connectivity index is 3.20. The molecule has 70 valence electrons. The average molecular weight is 168 g/mol. The topological polar surface area (TPSA) is 20.2 Å². The van der Waals surface area contributed by atoms with Crippen LogP contribution in [0.15, 0.2) is 0 Å². The Hall–Kier alpha value is -0.480. The van der Waals surface area contributed by atoms with Crippen LogP contribution in [0.4, 0.5) is 0 Å². The maximum atomic E-state index is 9.47. The summed E-state index contributed by atoms with van der Waals surface area (Å²) in [6, 6.07) is 0. The Morgan fingerprint density at radius 1 is 1.33 bits per heavy atom. The van der Waals surface area contributed by atoms with Gasteiger partial charge in [0.2, 0.25) is 0 Å². The summed E-state index contributed by atoms with van der Waals surface area (Å²) < 4.78 is 0. The van der Waals surface area contributed by atoms with Gasteiger partial charge in [-0.3, -0.25) is 0 Å². The van der Waals surface area contributed by atoms with Gasteiger partial charge < -0.3 is 5.11 Å². The minimum absolute atomic E-state index is 0.122. The van der Waals surface area contributed by atoms with Gasteiger partial charge >= 0.3 is 0 Å². The molecule has 0 aliphatic heterocycles. The van der Waals surface area contributed by atoms with E-state index in [9.17, 15) is 5.11 Å². The lowest BCUT2D eigenvalue weighted by molar-refractivity contribution is 0.136. The summed E-state index contributed by atoms with van der Waals surface area (Å²) in [7, 11) is 0. The summed E-state index contributed by atoms with van der Waals surface area (Å²) in [5.74, 6) is 3.19. The van der Waals surface area contributed by atoms with E-state index >= 15 is 0 Å². The van der Waals surface area contributed by atoms with Crippen molar-refractivity contribution in [1.82, 2.24) is 0 Å². The van der Waals surface area contributed by atoms with Crippen LogP contribution in [-0.4, -0.2) is 11.2 Å².